The molecule has 4 rings (SSSR count). The van der Waals surface area contributed by atoms with Crippen LogP contribution in [0.25, 0.3) is 0 Å². The Bertz CT molecular complexity index is 963. The lowest BCUT2D eigenvalue weighted by atomic mass is 9.91. The van der Waals surface area contributed by atoms with Crippen molar-refractivity contribution in [2.45, 2.75) is 31.6 Å². The monoisotopic (exact) mass is 434 g/mol. The third kappa shape index (κ3) is 4.49. The van der Waals surface area contributed by atoms with Crippen molar-refractivity contribution in [1.82, 2.24) is 9.80 Å². The highest BCUT2D eigenvalue weighted by Gasteiger charge is 2.41. The zero-order valence-electron chi connectivity index (χ0n) is 17.2. The van der Waals surface area contributed by atoms with Gasteiger partial charge in [-0.2, -0.15) is 13.2 Å². The average molecular weight is 434 g/mol. The Kier molecular flexibility index (Phi) is 5.83. The molecule has 1 amide bonds. The van der Waals surface area contributed by atoms with Crippen molar-refractivity contribution in [3.8, 4) is 11.5 Å². The van der Waals surface area contributed by atoms with Crippen LogP contribution in [0.4, 0.5) is 13.2 Å². The summed E-state index contributed by atoms with van der Waals surface area (Å²) in [4.78, 5) is 17.0. The van der Waals surface area contributed by atoms with Crippen LogP contribution in [-0.4, -0.2) is 53.6 Å². The van der Waals surface area contributed by atoms with Crippen molar-refractivity contribution >= 4 is 5.91 Å². The normalized spacial score (nSPS) is 21.7. The van der Waals surface area contributed by atoms with Gasteiger partial charge in [-0.05, 0) is 61.2 Å². The molecule has 2 fully saturated rings. The molecule has 2 aliphatic heterocycles. The molecule has 31 heavy (non-hydrogen) atoms. The first-order chi connectivity index (χ1) is 14.8. The van der Waals surface area contributed by atoms with E-state index in [2.05, 4.69) is 4.90 Å². The molecule has 2 aromatic carbocycles. The van der Waals surface area contributed by atoms with Gasteiger partial charge in [0.05, 0.1) is 12.7 Å². The van der Waals surface area contributed by atoms with E-state index in [1.165, 1.54) is 19.2 Å². The fraction of sp³-hybridized carbons (Fsp3) is 0.435. The number of aromatic hydroxyl groups is 1. The number of phenolic OH excluding ortho intramolecular Hbond substituents is 1. The molecule has 0 spiro atoms. The van der Waals surface area contributed by atoms with E-state index in [9.17, 15) is 23.1 Å². The maximum absolute atomic E-state index is 13.0. The lowest BCUT2D eigenvalue weighted by Crippen LogP contribution is -2.44. The summed E-state index contributed by atoms with van der Waals surface area (Å²) in [5.74, 6) is 0.439. The number of methoxy groups -OCH3 is 1. The fourth-order valence-corrected chi connectivity index (χ4v) is 4.70. The van der Waals surface area contributed by atoms with Crippen molar-refractivity contribution in [1.29, 1.82) is 0 Å². The van der Waals surface area contributed by atoms with Crippen molar-refractivity contribution < 1.29 is 27.8 Å². The number of likely N-dealkylation sites (tertiary alicyclic amines) is 2. The van der Waals surface area contributed by atoms with Crippen LogP contribution in [0.15, 0.2) is 42.5 Å². The van der Waals surface area contributed by atoms with Crippen molar-refractivity contribution in [3.63, 3.8) is 0 Å². The summed E-state index contributed by atoms with van der Waals surface area (Å²) in [7, 11) is 1.50. The van der Waals surface area contributed by atoms with E-state index in [1.807, 2.05) is 6.07 Å². The van der Waals surface area contributed by atoms with E-state index in [0.29, 0.717) is 31.3 Å². The lowest BCUT2D eigenvalue weighted by molar-refractivity contribution is -0.137. The van der Waals surface area contributed by atoms with Crippen LogP contribution in [0.3, 0.4) is 0 Å². The Labute approximate surface area is 179 Å². The smallest absolute Gasteiger partial charge is 0.416 e. The molecule has 0 bridgehead atoms. The number of carbonyl (C=O) groups excluding carboxylic acids is 1. The number of nitrogens with zero attached hydrogens (tertiary/aromatic N) is 2. The summed E-state index contributed by atoms with van der Waals surface area (Å²) in [6.45, 7) is 2.59. The molecule has 2 aromatic rings. The molecule has 2 heterocycles. The minimum Gasteiger partial charge on any atom is -0.504 e. The zero-order chi connectivity index (χ0) is 22.2. The minimum absolute atomic E-state index is 0.0725. The summed E-state index contributed by atoms with van der Waals surface area (Å²) in [5.41, 5.74) is 0.263. The molecule has 0 aromatic heterocycles. The highest BCUT2D eigenvalue weighted by Crippen LogP contribution is 2.35. The third-order valence-corrected chi connectivity index (χ3v) is 6.25. The van der Waals surface area contributed by atoms with E-state index >= 15 is 0 Å². The predicted molar refractivity (Wildman–Crippen MR) is 109 cm³/mol. The van der Waals surface area contributed by atoms with Gasteiger partial charge in [0, 0.05) is 31.2 Å². The molecule has 2 aliphatic rings. The number of phenols is 1. The maximum atomic E-state index is 13.0. The van der Waals surface area contributed by atoms with Crippen LogP contribution in [0.5, 0.6) is 11.5 Å². The molecule has 0 radical (unpaired) electrons. The van der Waals surface area contributed by atoms with Gasteiger partial charge in [0.1, 0.15) is 0 Å². The molecule has 2 atom stereocenters. The summed E-state index contributed by atoms with van der Waals surface area (Å²) in [6, 6.07) is 10.1. The van der Waals surface area contributed by atoms with Crippen LogP contribution in [0.2, 0.25) is 0 Å². The van der Waals surface area contributed by atoms with Crippen LogP contribution >= 0.6 is 0 Å². The molecule has 8 heteroatoms. The number of rotatable bonds is 4. The van der Waals surface area contributed by atoms with Gasteiger partial charge < -0.3 is 14.7 Å². The van der Waals surface area contributed by atoms with Gasteiger partial charge in [0.25, 0.3) is 5.91 Å². The zero-order valence-corrected chi connectivity index (χ0v) is 17.2. The van der Waals surface area contributed by atoms with E-state index in [1.54, 1.807) is 17.0 Å². The van der Waals surface area contributed by atoms with E-state index in [4.69, 9.17) is 4.74 Å². The Balaban J connectivity index is 1.48. The van der Waals surface area contributed by atoms with Crippen LogP contribution in [0, 0.1) is 5.92 Å². The molecule has 1 N–H and O–H groups in total. The fourth-order valence-electron chi connectivity index (χ4n) is 4.70. The Morgan fingerprint density at radius 1 is 1.19 bits per heavy atom. The Hall–Kier alpha value is -2.74. The second kappa shape index (κ2) is 8.42. The number of hydrogen-bond acceptors (Lipinski definition) is 4. The van der Waals surface area contributed by atoms with Gasteiger partial charge in [0.2, 0.25) is 0 Å². The number of hydrogen-bond donors (Lipinski definition) is 1. The van der Waals surface area contributed by atoms with Crippen molar-refractivity contribution in [2.75, 3.05) is 26.7 Å². The van der Waals surface area contributed by atoms with E-state index in [-0.39, 0.29) is 23.3 Å². The first-order valence-electron chi connectivity index (χ1n) is 10.3. The topological polar surface area (TPSA) is 53.0 Å². The van der Waals surface area contributed by atoms with Gasteiger partial charge in [-0.3, -0.25) is 9.69 Å². The van der Waals surface area contributed by atoms with Gasteiger partial charge in [-0.1, -0.05) is 12.1 Å². The van der Waals surface area contributed by atoms with Gasteiger partial charge in [0.15, 0.2) is 11.5 Å². The van der Waals surface area contributed by atoms with Crippen molar-refractivity contribution in [2.24, 2.45) is 5.92 Å². The summed E-state index contributed by atoms with van der Waals surface area (Å²) < 4.78 is 44.3. The highest BCUT2D eigenvalue weighted by atomic mass is 19.4. The van der Waals surface area contributed by atoms with E-state index < -0.39 is 11.7 Å². The predicted octanol–water partition coefficient (Wildman–Crippen LogP) is 4.16. The second-order valence-electron chi connectivity index (χ2n) is 8.24. The van der Waals surface area contributed by atoms with Crippen LogP contribution < -0.4 is 4.74 Å². The van der Waals surface area contributed by atoms with E-state index in [0.717, 1.165) is 37.1 Å². The Morgan fingerprint density at radius 2 is 2.00 bits per heavy atom. The lowest BCUT2D eigenvalue weighted by Gasteiger charge is -2.36. The number of carbonyl (C=O) groups is 1. The number of fused-ring (bicyclic) bond motifs is 1. The van der Waals surface area contributed by atoms with Gasteiger partial charge >= 0.3 is 6.18 Å². The molecule has 2 saturated heterocycles. The number of alkyl halides is 3. The number of benzene rings is 2. The Morgan fingerprint density at radius 3 is 2.74 bits per heavy atom. The molecule has 0 aliphatic carbocycles. The second-order valence-corrected chi connectivity index (χ2v) is 8.24. The summed E-state index contributed by atoms with van der Waals surface area (Å²) >= 11 is 0. The molecular formula is C23H25F3N2O3. The number of amides is 1. The standard InChI is InChI=1S/C23H25F3N2O3/c1-31-21-10-15(7-8-20(21)29)12-27-9-3-5-17-13-28(14-19(17)27)22(30)16-4-2-6-18(11-16)23(24,25)26/h2,4,6-8,10-11,17,19,29H,3,5,9,12-14H2,1H3/t17-,19+/m1/s1. The molecular weight excluding hydrogens is 409 g/mol. The van der Waals surface area contributed by atoms with Crippen LogP contribution in [-0.2, 0) is 12.7 Å². The summed E-state index contributed by atoms with van der Waals surface area (Å²) in [6.07, 6.45) is -2.48. The highest BCUT2D eigenvalue weighted by molar-refractivity contribution is 5.94. The maximum Gasteiger partial charge on any atom is 0.416 e. The molecule has 166 valence electrons. The minimum atomic E-state index is -4.47. The SMILES string of the molecule is COc1cc(CN2CCC[C@@H]3CN(C(=O)c4cccc(C(F)(F)F)c4)C[C@@H]32)ccc1O. The number of piperidine rings is 1. The molecule has 0 saturated carbocycles. The van der Waals surface area contributed by atoms with Crippen molar-refractivity contribution in [3.05, 3.63) is 59.2 Å². The number of ether oxygens (including phenoxy) is 1. The molecule has 0 unspecified atom stereocenters. The number of halogens is 3. The molecule has 5 nitrogen and oxygen atoms in total. The summed E-state index contributed by atoms with van der Waals surface area (Å²) in [5, 5.41) is 9.81. The first-order valence-corrected chi connectivity index (χ1v) is 10.3. The third-order valence-electron chi connectivity index (χ3n) is 6.25. The largest absolute Gasteiger partial charge is 0.504 e. The quantitative estimate of drug-likeness (QED) is 0.786. The van der Waals surface area contributed by atoms with Crippen LogP contribution in [0.1, 0.15) is 34.3 Å². The van der Waals surface area contributed by atoms with Gasteiger partial charge in [-0.15, -0.1) is 0 Å². The van der Waals surface area contributed by atoms with Gasteiger partial charge in [-0.25, -0.2) is 0 Å². The first kappa shape index (κ1) is 21.5. The average Bonchev–Trinajstić information content (AvgIpc) is 3.19.